The minimum absolute atomic E-state index is 0. The van der Waals surface area contributed by atoms with E-state index in [1.807, 2.05) is 36.4 Å². The lowest BCUT2D eigenvalue weighted by Crippen LogP contribution is -2.37. The first kappa shape index (κ1) is 22.8. The molecule has 1 fully saturated rings. The largest absolute Gasteiger partial charge is 0.494 e. The van der Waals surface area contributed by atoms with Gasteiger partial charge in [-0.1, -0.05) is 43.1 Å². The van der Waals surface area contributed by atoms with Crippen LogP contribution < -0.4 is 10.5 Å². The van der Waals surface area contributed by atoms with E-state index in [1.54, 1.807) is 4.90 Å². The molecule has 0 amide bonds. The maximum absolute atomic E-state index is 10.3. The van der Waals surface area contributed by atoms with Gasteiger partial charge in [-0.25, -0.2) is 0 Å². The third kappa shape index (κ3) is 4.91. The van der Waals surface area contributed by atoms with E-state index in [1.165, 1.54) is 12.8 Å². The van der Waals surface area contributed by atoms with Crippen molar-refractivity contribution in [3.05, 3.63) is 42.3 Å². The minimum atomic E-state index is -0.699. The molecule has 31 heavy (non-hydrogen) atoms. The van der Waals surface area contributed by atoms with E-state index in [2.05, 4.69) is 17.1 Å². The summed E-state index contributed by atoms with van der Waals surface area (Å²) in [6.45, 7) is 3.39. The van der Waals surface area contributed by atoms with Crippen LogP contribution in [0.25, 0.3) is 22.2 Å². The minimum Gasteiger partial charge on any atom is -0.494 e. The van der Waals surface area contributed by atoms with Crippen LogP contribution in [0.5, 0.6) is 5.75 Å². The molecule has 0 aliphatic carbocycles. The van der Waals surface area contributed by atoms with Gasteiger partial charge >= 0.3 is 0 Å². The number of unbranched alkanes of at least 4 members (excludes halogenated alkanes) is 2. The zero-order chi connectivity index (χ0) is 21.1. The number of halogens is 1. The van der Waals surface area contributed by atoms with Crippen LogP contribution in [-0.4, -0.2) is 45.4 Å². The second-order valence-electron chi connectivity index (χ2n) is 7.62. The highest BCUT2D eigenvalue weighted by molar-refractivity contribution is 5.87. The van der Waals surface area contributed by atoms with E-state index in [4.69, 9.17) is 20.4 Å². The lowest BCUT2D eigenvalue weighted by Gasteiger charge is -2.22. The molecule has 166 valence electrons. The van der Waals surface area contributed by atoms with E-state index in [0.717, 1.165) is 35.1 Å². The van der Waals surface area contributed by atoms with Gasteiger partial charge in [-0.3, -0.25) is 5.41 Å². The van der Waals surface area contributed by atoms with Gasteiger partial charge in [0.15, 0.2) is 5.96 Å². The highest BCUT2D eigenvalue weighted by atomic mass is 35.5. The van der Waals surface area contributed by atoms with Crippen molar-refractivity contribution in [3.63, 3.8) is 0 Å². The van der Waals surface area contributed by atoms with Crippen molar-refractivity contribution in [1.82, 2.24) is 15.0 Å². The smallest absolute Gasteiger partial charge is 0.252 e. The van der Waals surface area contributed by atoms with Gasteiger partial charge in [0.25, 0.3) is 5.89 Å². The molecular weight excluding hydrogens is 418 g/mol. The molecule has 4 N–H and O–H groups in total. The standard InChI is InChI=1S/C22H27N5O3.ClH/c1-2-3-4-11-29-17-8-7-14-12-16(6-5-15(14)13-17)20-25-21(30-26-20)19-18(28)9-10-27(19)22(23)24;/h5-8,12-13,18-19,28H,2-4,9-11H2,1H3,(H3,23,24);1H/t18-,19-;/m0./s1. The Hall–Kier alpha value is -2.84. The van der Waals surface area contributed by atoms with Gasteiger partial charge in [-0.15, -0.1) is 12.4 Å². The first-order valence-corrected chi connectivity index (χ1v) is 10.4. The number of rotatable bonds is 7. The molecule has 9 heteroatoms. The summed E-state index contributed by atoms with van der Waals surface area (Å²) in [5.41, 5.74) is 6.44. The van der Waals surface area contributed by atoms with Gasteiger partial charge in [0.2, 0.25) is 5.82 Å². The van der Waals surface area contributed by atoms with Crippen LogP contribution in [0.4, 0.5) is 0 Å². The molecule has 0 bridgehead atoms. The van der Waals surface area contributed by atoms with Crippen LogP contribution in [0.1, 0.15) is 44.5 Å². The van der Waals surface area contributed by atoms with Crippen LogP contribution in [0.3, 0.4) is 0 Å². The van der Waals surface area contributed by atoms with E-state index in [-0.39, 0.29) is 24.3 Å². The molecule has 0 spiro atoms. The molecule has 3 aromatic rings. The second kappa shape index (κ2) is 9.98. The number of aliphatic hydroxyl groups is 1. The molecule has 0 saturated carbocycles. The highest BCUT2D eigenvalue weighted by Crippen LogP contribution is 2.32. The number of fused-ring (bicyclic) bond motifs is 1. The molecule has 8 nitrogen and oxygen atoms in total. The number of benzene rings is 2. The molecule has 1 aromatic heterocycles. The van der Waals surface area contributed by atoms with Gasteiger partial charge in [-0.2, -0.15) is 4.98 Å². The van der Waals surface area contributed by atoms with Crippen LogP contribution in [0, 0.1) is 5.41 Å². The fraction of sp³-hybridized carbons (Fsp3) is 0.409. The highest BCUT2D eigenvalue weighted by Gasteiger charge is 2.39. The van der Waals surface area contributed by atoms with Gasteiger partial charge in [0.05, 0.1) is 12.7 Å². The van der Waals surface area contributed by atoms with Crippen LogP contribution in [0.15, 0.2) is 40.9 Å². The summed E-state index contributed by atoms with van der Waals surface area (Å²) in [5.74, 6) is 1.46. The Morgan fingerprint density at radius 2 is 2.03 bits per heavy atom. The summed E-state index contributed by atoms with van der Waals surface area (Å²) < 4.78 is 11.2. The molecule has 4 rings (SSSR count). The van der Waals surface area contributed by atoms with Crippen LogP contribution >= 0.6 is 12.4 Å². The van der Waals surface area contributed by atoms with Gasteiger partial charge in [0.1, 0.15) is 11.8 Å². The van der Waals surface area contributed by atoms with Crippen LogP contribution in [-0.2, 0) is 0 Å². The Kier molecular flexibility index (Phi) is 7.35. The topological polar surface area (TPSA) is 121 Å². The zero-order valence-corrected chi connectivity index (χ0v) is 18.3. The number of nitrogens with two attached hydrogens (primary N) is 1. The summed E-state index contributed by atoms with van der Waals surface area (Å²) in [6.07, 6.45) is 3.21. The fourth-order valence-electron chi connectivity index (χ4n) is 3.81. The van der Waals surface area contributed by atoms with Crippen molar-refractivity contribution < 1.29 is 14.4 Å². The number of aromatic nitrogens is 2. The summed E-state index contributed by atoms with van der Waals surface area (Å²) in [4.78, 5) is 6.05. The lowest BCUT2D eigenvalue weighted by atomic mass is 10.1. The molecule has 0 radical (unpaired) electrons. The van der Waals surface area contributed by atoms with E-state index >= 15 is 0 Å². The molecule has 1 saturated heterocycles. The number of nitrogens with one attached hydrogen (secondary N) is 1. The maximum atomic E-state index is 10.3. The average molecular weight is 446 g/mol. The van der Waals surface area contributed by atoms with Crippen LogP contribution in [0.2, 0.25) is 0 Å². The number of hydrogen-bond donors (Lipinski definition) is 3. The van der Waals surface area contributed by atoms with Gasteiger partial charge < -0.3 is 25.0 Å². The van der Waals surface area contributed by atoms with Crippen molar-refractivity contribution in [2.24, 2.45) is 5.73 Å². The average Bonchev–Trinajstić information content (AvgIpc) is 3.37. The Morgan fingerprint density at radius 1 is 1.26 bits per heavy atom. The summed E-state index contributed by atoms with van der Waals surface area (Å²) in [5, 5.41) is 24.2. The van der Waals surface area contributed by atoms with E-state index < -0.39 is 12.1 Å². The molecule has 2 aromatic carbocycles. The Bertz CT molecular complexity index is 1040. The number of guanidine groups is 1. The monoisotopic (exact) mass is 445 g/mol. The molecule has 1 aliphatic rings. The number of aliphatic hydroxyl groups excluding tert-OH is 1. The Labute approximate surface area is 187 Å². The lowest BCUT2D eigenvalue weighted by molar-refractivity contribution is 0.118. The number of ether oxygens (including phenoxy) is 1. The SMILES string of the molecule is CCCCCOc1ccc2cc(-c3noc([C@@H]4[C@@H](O)CCN4C(=N)N)n3)ccc2c1.Cl. The Morgan fingerprint density at radius 3 is 2.81 bits per heavy atom. The van der Waals surface area contributed by atoms with Crippen molar-refractivity contribution >= 4 is 29.1 Å². The summed E-state index contributed by atoms with van der Waals surface area (Å²) >= 11 is 0. The molecule has 0 unspecified atom stereocenters. The second-order valence-corrected chi connectivity index (χ2v) is 7.62. The molecule has 2 heterocycles. The number of likely N-dealkylation sites (tertiary alicyclic amines) is 1. The van der Waals surface area contributed by atoms with Crippen molar-refractivity contribution in [2.75, 3.05) is 13.2 Å². The molecular formula is C22H28ClN5O3. The predicted molar refractivity (Wildman–Crippen MR) is 121 cm³/mol. The summed E-state index contributed by atoms with van der Waals surface area (Å²) in [7, 11) is 0. The third-order valence-electron chi connectivity index (χ3n) is 5.46. The summed E-state index contributed by atoms with van der Waals surface area (Å²) in [6, 6.07) is 11.4. The predicted octanol–water partition coefficient (Wildman–Crippen LogP) is 3.88. The zero-order valence-electron chi connectivity index (χ0n) is 17.5. The van der Waals surface area contributed by atoms with Crippen molar-refractivity contribution in [3.8, 4) is 17.1 Å². The van der Waals surface area contributed by atoms with Gasteiger partial charge in [0, 0.05) is 12.1 Å². The van der Waals surface area contributed by atoms with Crippen molar-refractivity contribution in [1.29, 1.82) is 5.41 Å². The maximum Gasteiger partial charge on any atom is 0.252 e. The fourth-order valence-corrected chi connectivity index (χ4v) is 3.81. The molecule has 1 aliphatic heterocycles. The van der Waals surface area contributed by atoms with E-state index in [0.29, 0.717) is 18.8 Å². The normalized spacial score (nSPS) is 18.2. The van der Waals surface area contributed by atoms with E-state index in [9.17, 15) is 5.11 Å². The third-order valence-corrected chi connectivity index (χ3v) is 5.46. The number of nitrogens with zero attached hydrogens (tertiary/aromatic N) is 3. The van der Waals surface area contributed by atoms with Crippen molar-refractivity contribution in [2.45, 2.75) is 44.8 Å². The Balaban J connectivity index is 0.00000272. The number of hydrogen-bond acceptors (Lipinski definition) is 6. The van der Waals surface area contributed by atoms with Gasteiger partial charge in [-0.05, 0) is 41.8 Å². The first-order valence-electron chi connectivity index (χ1n) is 10.4. The quantitative estimate of drug-likeness (QED) is 0.286. The molecule has 2 atom stereocenters. The first-order chi connectivity index (χ1) is 14.6.